The molecular formula is C18H30N4O4S. The lowest BCUT2D eigenvalue weighted by Crippen LogP contribution is -2.46. The summed E-state index contributed by atoms with van der Waals surface area (Å²) in [7, 11) is -3.57. The van der Waals surface area contributed by atoms with Gasteiger partial charge in [0.1, 0.15) is 11.4 Å². The molecular weight excluding hydrogens is 368 g/mol. The molecule has 2 saturated heterocycles. The molecule has 1 aromatic rings. The summed E-state index contributed by atoms with van der Waals surface area (Å²) in [5, 5.41) is 4.38. The number of hydrogen-bond donors (Lipinski definition) is 0. The lowest BCUT2D eigenvalue weighted by Gasteiger charge is -2.32. The van der Waals surface area contributed by atoms with Gasteiger partial charge in [-0.2, -0.15) is 9.40 Å². The topological polar surface area (TPSA) is 84.7 Å². The summed E-state index contributed by atoms with van der Waals surface area (Å²) in [6.45, 7) is 8.31. The lowest BCUT2D eigenvalue weighted by atomic mass is 10.2. The third-order valence-electron chi connectivity index (χ3n) is 5.46. The zero-order valence-electron chi connectivity index (χ0n) is 16.5. The smallest absolute Gasteiger partial charge is 0.246 e. The van der Waals surface area contributed by atoms with Gasteiger partial charge in [-0.1, -0.05) is 13.3 Å². The highest BCUT2D eigenvalue weighted by Gasteiger charge is 2.32. The van der Waals surface area contributed by atoms with E-state index in [1.807, 2.05) is 6.92 Å². The van der Waals surface area contributed by atoms with Crippen LogP contribution in [0.5, 0.6) is 0 Å². The second-order valence-electron chi connectivity index (χ2n) is 7.36. The van der Waals surface area contributed by atoms with Crippen LogP contribution in [-0.2, 0) is 26.1 Å². The van der Waals surface area contributed by atoms with Crippen LogP contribution in [0.2, 0.25) is 0 Å². The van der Waals surface area contributed by atoms with E-state index in [9.17, 15) is 13.2 Å². The Bertz CT molecular complexity index is 784. The summed E-state index contributed by atoms with van der Waals surface area (Å²) in [4.78, 5) is 14.7. The Morgan fingerprint density at radius 2 is 1.89 bits per heavy atom. The Morgan fingerprint density at radius 1 is 1.19 bits per heavy atom. The minimum Gasteiger partial charge on any atom is -0.375 e. The fourth-order valence-electron chi connectivity index (χ4n) is 3.86. The number of ether oxygens (including phenoxy) is 1. The van der Waals surface area contributed by atoms with Crippen LogP contribution in [0.1, 0.15) is 44.0 Å². The first-order chi connectivity index (χ1) is 12.8. The van der Waals surface area contributed by atoms with Gasteiger partial charge in [-0.15, -0.1) is 0 Å². The van der Waals surface area contributed by atoms with Crippen molar-refractivity contribution in [2.45, 2.75) is 64.0 Å². The Morgan fingerprint density at radius 3 is 2.56 bits per heavy atom. The number of carbonyl (C=O) groups is 1. The average molecular weight is 399 g/mol. The molecule has 27 heavy (non-hydrogen) atoms. The first-order valence-electron chi connectivity index (χ1n) is 9.78. The van der Waals surface area contributed by atoms with Crippen LogP contribution < -0.4 is 0 Å². The van der Waals surface area contributed by atoms with Gasteiger partial charge in [0.2, 0.25) is 15.9 Å². The summed E-state index contributed by atoms with van der Waals surface area (Å²) < 4.78 is 34.8. The van der Waals surface area contributed by atoms with Gasteiger partial charge in [0.15, 0.2) is 0 Å². The molecule has 1 atom stereocenters. The van der Waals surface area contributed by atoms with Crippen LogP contribution in [0.3, 0.4) is 0 Å². The molecule has 3 rings (SSSR count). The minimum absolute atomic E-state index is 0.0516. The molecule has 0 aromatic carbocycles. The van der Waals surface area contributed by atoms with E-state index in [0.717, 1.165) is 25.7 Å². The van der Waals surface area contributed by atoms with Crippen LogP contribution in [-0.4, -0.2) is 72.2 Å². The van der Waals surface area contributed by atoms with Crippen molar-refractivity contribution in [3.05, 3.63) is 11.4 Å². The van der Waals surface area contributed by atoms with E-state index in [-0.39, 0.29) is 23.5 Å². The fraction of sp³-hybridized carbons (Fsp3) is 0.778. The Labute approximate surface area is 161 Å². The monoisotopic (exact) mass is 398 g/mol. The Hall–Kier alpha value is -1.45. The summed E-state index contributed by atoms with van der Waals surface area (Å²) in [6, 6.07) is 0. The van der Waals surface area contributed by atoms with Gasteiger partial charge in [-0.05, 0) is 33.1 Å². The van der Waals surface area contributed by atoms with Gasteiger partial charge in [0.05, 0.1) is 24.1 Å². The van der Waals surface area contributed by atoms with Crippen molar-refractivity contribution in [2.75, 3.05) is 32.8 Å². The van der Waals surface area contributed by atoms with Crippen molar-refractivity contribution < 1.29 is 17.9 Å². The largest absolute Gasteiger partial charge is 0.375 e. The predicted octanol–water partition coefficient (Wildman–Crippen LogP) is 1.31. The molecule has 0 radical (unpaired) electrons. The highest BCUT2D eigenvalue weighted by Crippen LogP contribution is 2.26. The van der Waals surface area contributed by atoms with Gasteiger partial charge in [0, 0.05) is 26.2 Å². The molecule has 0 saturated carbocycles. The maximum Gasteiger partial charge on any atom is 0.246 e. The number of rotatable bonds is 5. The van der Waals surface area contributed by atoms with E-state index in [2.05, 4.69) is 5.10 Å². The van der Waals surface area contributed by atoms with E-state index in [0.29, 0.717) is 44.2 Å². The summed E-state index contributed by atoms with van der Waals surface area (Å²) in [5.74, 6) is -0.0516. The Balaban J connectivity index is 1.78. The van der Waals surface area contributed by atoms with Crippen molar-refractivity contribution in [1.82, 2.24) is 19.0 Å². The van der Waals surface area contributed by atoms with Crippen molar-refractivity contribution in [3.8, 4) is 0 Å². The highest BCUT2D eigenvalue weighted by molar-refractivity contribution is 7.89. The standard InChI is InChI=1S/C18H30N4O4S/c1-4-16-12-20(10-11-26-16)17(23)13-22-15(3)18(14(2)19-22)27(24,25)21-8-6-5-7-9-21/h16H,4-13H2,1-3H3. The number of sulfonamides is 1. The number of hydrogen-bond acceptors (Lipinski definition) is 5. The molecule has 152 valence electrons. The molecule has 1 unspecified atom stereocenters. The van der Waals surface area contributed by atoms with Crippen LogP contribution in [0.15, 0.2) is 4.90 Å². The zero-order valence-corrected chi connectivity index (χ0v) is 17.3. The van der Waals surface area contributed by atoms with E-state index in [1.54, 1.807) is 23.1 Å². The third-order valence-corrected chi connectivity index (χ3v) is 7.61. The fourth-order valence-corrected chi connectivity index (χ4v) is 5.75. The number of nitrogens with zero attached hydrogens (tertiary/aromatic N) is 4. The number of aryl methyl sites for hydroxylation is 1. The Kier molecular flexibility index (Phi) is 6.22. The van der Waals surface area contributed by atoms with Crippen LogP contribution in [0.25, 0.3) is 0 Å². The van der Waals surface area contributed by atoms with E-state index >= 15 is 0 Å². The van der Waals surface area contributed by atoms with Gasteiger partial charge >= 0.3 is 0 Å². The van der Waals surface area contributed by atoms with Gasteiger partial charge in [0.25, 0.3) is 0 Å². The number of aromatic nitrogens is 2. The van der Waals surface area contributed by atoms with E-state index in [1.165, 1.54) is 4.68 Å². The summed E-state index contributed by atoms with van der Waals surface area (Å²) in [6.07, 6.45) is 3.77. The molecule has 8 nitrogen and oxygen atoms in total. The second-order valence-corrected chi connectivity index (χ2v) is 9.24. The lowest BCUT2D eigenvalue weighted by molar-refractivity contribution is -0.139. The van der Waals surface area contributed by atoms with Crippen molar-refractivity contribution >= 4 is 15.9 Å². The number of piperidine rings is 1. The molecule has 1 amide bonds. The minimum atomic E-state index is -3.57. The average Bonchev–Trinajstić information content (AvgIpc) is 2.96. The highest BCUT2D eigenvalue weighted by atomic mass is 32.2. The normalized spacial score (nSPS) is 22.2. The van der Waals surface area contributed by atoms with Crippen LogP contribution >= 0.6 is 0 Å². The van der Waals surface area contributed by atoms with Gasteiger partial charge in [-0.25, -0.2) is 8.42 Å². The molecule has 2 fully saturated rings. The molecule has 0 aliphatic carbocycles. The number of amides is 1. The molecule has 0 bridgehead atoms. The molecule has 0 spiro atoms. The second kappa shape index (κ2) is 8.28. The van der Waals surface area contributed by atoms with E-state index < -0.39 is 10.0 Å². The SMILES string of the molecule is CCC1CN(C(=O)Cn2nc(C)c(S(=O)(=O)N3CCCCC3)c2C)CCO1. The predicted molar refractivity (Wildman–Crippen MR) is 101 cm³/mol. The molecule has 2 aliphatic heterocycles. The summed E-state index contributed by atoms with van der Waals surface area (Å²) >= 11 is 0. The first kappa shape index (κ1) is 20.3. The zero-order chi connectivity index (χ0) is 19.6. The van der Waals surface area contributed by atoms with Crippen LogP contribution in [0, 0.1) is 13.8 Å². The third kappa shape index (κ3) is 4.20. The maximum atomic E-state index is 13.1. The number of morpholine rings is 1. The van der Waals surface area contributed by atoms with Crippen molar-refractivity contribution in [2.24, 2.45) is 0 Å². The first-order valence-corrected chi connectivity index (χ1v) is 11.2. The number of carbonyl (C=O) groups excluding carboxylic acids is 1. The molecule has 2 aliphatic rings. The molecule has 0 N–H and O–H groups in total. The molecule has 9 heteroatoms. The van der Waals surface area contributed by atoms with Crippen LogP contribution in [0.4, 0.5) is 0 Å². The van der Waals surface area contributed by atoms with Crippen molar-refractivity contribution in [1.29, 1.82) is 0 Å². The summed E-state index contributed by atoms with van der Waals surface area (Å²) in [5.41, 5.74) is 0.992. The van der Waals surface area contributed by atoms with Gasteiger partial charge < -0.3 is 9.64 Å². The maximum absolute atomic E-state index is 13.1. The van der Waals surface area contributed by atoms with Gasteiger partial charge in [-0.3, -0.25) is 9.48 Å². The van der Waals surface area contributed by atoms with Crippen molar-refractivity contribution in [3.63, 3.8) is 0 Å². The quantitative estimate of drug-likeness (QED) is 0.747. The molecule has 1 aromatic heterocycles. The molecule has 3 heterocycles. The van der Waals surface area contributed by atoms with E-state index in [4.69, 9.17) is 4.74 Å².